The standard InChI is InChI=1S/C35H38N4O6S/c1-21-28-15-23-16-29(28)35(21,18-23)19-32(40)38-13-10-25(11-14-38)39-30(33(41)37-34(39)42)17-22-5-7-26(8-6-22)45-46(43,44)31-4-2-3-24-20-36-12-9-27(24)31/h2-9,12,20-21,23,25,28-30H,10-11,13-19H2,1H3,(H,37,41,42). The highest BCUT2D eigenvalue weighted by Crippen LogP contribution is 2.75. The van der Waals surface area contributed by atoms with Crippen LogP contribution in [0.2, 0.25) is 0 Å². The molecule has 2 saturated heterocycles. The molecular formula is C35H38N4O6S. The van der Waals surface area contributed by atoms with Crippen molar-refractivity contribution in [1.82, 2.24) is 20.1 Å². The third kappa shape index (κ3) is 4.68. The van der Waals surface area contributed by atoms with Gasteiger partial charge < -0.3 is 14.0 Å². The van der Waals surface area contributed by atoms with Crippen molar-refractivity contribution in [2.75, 3.05) is 13.1 Å². The Kier molecular flexibility index (Phi) is 6.90. The molecule has 0 spiro atoms. The molecule has 5 aliphatic rings. The molecule has 6 unspecified atom stereocenters. The molecule has 1 N–H and O–H groups in total. The van der Waals surface area contributed by atoms with E-state index in [4.69, 9.17) is 4.18 Å². The van der Waals surface area contributed by atoms with Crippen LogP contribution in [-0.4, -0.2) is 66.2 Å². The van der Waals surface area contributed by atoms with E-state index < -0.39 is 22.2 Å². The molecule has 2 aliphatic heterocycles. The quantitative estimate of drug-likeness (QED) is 0.283. The number of nitrogens with one attached hydrogen (secondary N) is 1. The molecule has 10 nitrogen and oxygen atoms in total. The van der Waals surface area contributed by atoms with Crippen LogP contribution in [0.3, 0.4) is 0 Å². The Bertz CT molecular complexity index is 1830. The molecule has 8 rings (SSSR count). The minimum Gasteiger partial charge on any atom is -0.379 e. The summed E-state index contributed by atoms with van der Waals surface area (Å²) in [7, 11) is -4.11. The van der Waals surface area contributed by atoms with Gasteiger partial charge in [0.15, 0.2) is 0 Å². The fourth-order valence-corrected chi connectivity index (χ4v) is 10.9. The highest BCUT2D eigenvalue weighted by Gasteiger charge is 2.68. The zero-order valence-corrected chi connectivity index (χ0v) is 26.6. The van der Waals surface area contributed by atoms with Gasteiger partial charge in [-0.1, -0.05) is 31.2 Å². The molecule has 6 atom stereocenters. The lowest BCUT2D eigenvalue weighted by molar-refractivity contribution is -0.153. The minimum absolute atomic E-state index is 0.0532. The van der Waals surface area contributed by atoms with E-state index >= 15 is 0 Å². The zero-order chi connectivity index (χ0) is 31.8. The average Bonchev–Trinajstić information content (AvgIpc) is 3.69. The Morgan fingerprint density at radius 2 is 1.85 bits per heavy atom. The van der Waals surface area contributed by atoms with Crippen molar-refractivity contribution in [2.45, 2.75) is 68.8 Å². The lowest BCUT2D eigenvalue weighted by Crippen LogP contribution is -2.57. The zero-order valence-electron chi connectivity index (χ0n) is 25.8. The van der Waals surface area contributed by atoms with Crippen molar-refractivity contribution < 1.29 is 27.0 Å². The first-order chi connectivity index (χ1) is 22.1. The highest BCUT2D eigenvalue weighted by atomic mass is 32.2. The van der Waals surface area contributed by atoms with E-state index in [-0.39, 0.29) is 40.3 Å². The maximum Gasteiger partial charge on any atom is 0.339 e. The van der Waals surface area contributed by atoms with Gasteiger partial charge in [-0.3, -0.25) is 19.9 Å². The number of rotatable bonds is 8. The Morgan fingerprint density at radius 1 is 1.07 bits per heavy atom. The third-order valence-electron chi connectivity index (χ3n) is 11.9. The molecule has 2 aromatic carbocycles. The van der Waals surface area contributed by atoms with Gasteiger partial charge in [-0.15, -0.1) is 0 Å². The average molecular weight is 643 g/mol. The number of amides is 4. The van der Waals surface area contributed by atoms with Gasteiger partial charge in [-0.25, -0.2) is 4.79 Å². The van der Waals surface area contributed by atoms with Crippen LogP contribution >= 0.6 is 0 Å². The number of fused-ring (bicyclic) bond motifs is 2. The summed E-state index contributed by atoms with van der Waals surface area (Å²) < 4.78 is 31.7. The van der Waals surface area contributed by atoms with Crippen LogP contribution in [0.15, 0.2) is 65.8 Å². The topological polar surface area (TPSA) is 126 Å². The van der Waals surface area contributed by atoms with E-state index in [1.165, 1.54) is 31.5 Å². The van der Waals surface area contributed by atoms with Gasteiger partial charge in [0.2, 0.25) is 5.91 Å². The van der Waals surface area contributed by atoms with E-state index in [0.29, 0.717) is 49.0 Å². The Hall–Kier alpha value is -3.99. The van der Waals surface area contributed by atoms with Crippen molar-refractivity contribution in [3.8, 4) is 5.75 Å². The second-order valence-corrected chi connectivity index (χ2v) is 15.6. The monoisotopic (exact) mass is 642 g/mol. The number of hydrogen-bond acceptors (Lipinski definition) is 7. The summed E-state index contributed by atoms with van der Waals surface area (Å²) >= 11 is 0. The molecule has 2 bridgehead atoms. The van der Waals surface area contributed by atoms with Crippen LogP contribution in [0.4, 0.5) is 4.79 Å². The van der Waals surface area contributed by atoms with E-state index in [9.17, 15) is 22.8 Å². The number of hydrogen-bond donors (Lipinski definition) is 1. The van der Waals surface area contributed by atoms with E-state index in [0.717, 1.165) is 23.3 Å². The van der Waals surface area contributed by atoms with Gasteiger partial charge >= 0.3 is 16.1 Å². The van der Waals surface area contributed by atoms with Gasteiger partial charge in [0.05, 0.1) is 0 Å². The Morgan fingerprint density at radius 3 is 2.59 bits per heavy atom. The van der Waals surface area contributed by atoms with Crippen molar-refractivity contribution >= 4 is 38.7 Å². The van der Waals surface area contributed by atoms with E-state index in [1.807, 2.05) is 4.90 Å². The first kappa shape index (κ1) is 29.4. The predicted molar refractivity (Wildman–Crippen MR) is 169 cm³/mol. The predicted octanol–water partition coefficient (Wildman–Crippen LogP) is 4.53. The maximum absolute atomic E-state index is 13.4. The van der Waals surface area contributed by atoms with E-state index in [1.54, 1.807) is 53.6 Å². The molecule has 240 valence electrons. The Labute approximate surface area is 268 Å². The summed E-state index contributed by atoms with van der Waals surface area (Å²) in [5.41, 5.74) is 0.984. The smallest absolute Gasteiger partial charge is 0.339 e. The molecule has 1 aromatic heterocycles. The lowest BCUT2D eigenvalue weighted by atomic mass is 9.45. The summed E-state index contributed by atoms with van der Waals surface area (Å²) in [6, 6.07) is 11.9. The number of aromatic nitrogens is 1. The Balaban J connectivity index is 0.901. The van der Waals surface area contributed by atoms with Crippen LogP contribution < -0.4 is 9.50 Å². The van der Waals surface area contributed by atoms with Gasteiger partial charge in [-0.05, 0) is 91.0 Å². The number of carbonyl (C=O) groups excluding carboxylic acids is 3. The van der Waals surface area contributed by atoms with Crippen LogP contribution in [0.25, 0.3) is 10.8 Å². The fourth-order valence-electron chi connectivity index (χ4n) is 9.75. The summed E-state index contributed by atoms with van der Waals surface area (Å²) in [6.07, 6.45) is 9.21. The first-order valence-corrected chi connectivity index (χ1v) is 17.8. The normalized spacial score (nSPS) is 30.5. The summed E-state index contributed by atoms with van der Waals surface area (Å²) in [6.45, 7) is 3.52. The summed E-state index contributed by atoms with van der Waals surface area (Å²) in [4.78, 5) is 47.0. The van der Waals surface area contributed by atoms with Crippen LogP contribution in [0.5, 0.6) is 5.75 Å². The van der Waals surface area contributed by atoms with Gasteiger partial charge in [0, 0.05) is 55.1 Å². The van der Waals surface area contributed by atoms with Crippen molar-refractivity contribution in [1.29, 1.82) is 0 Å². The van der Waals surface area contributed by atoms with Crippen LogP contribution in [0.1, 0.15) is 51.0 Å². The number of carbonyl (C=O) groups is 3. The number of nitrogens with zero attached hydrogens (tertiary/aromatic N) is 3. The van der Waals surface area contributed by atoms with Gasteiger partial charge in [0.1, 0.15) is 16.7 Å². The number of urea groups is 1. The lowest BCUT2D eigenvalue weighted by Gasteiger charge is -2.60. The number of likely N-dealkylation sites (tertiary alicyclic amines) is 1. The highest BCUT2D eigenvalue weighted by molar-refractivity contribution is 7.87. The molecule has 5 fully saturated rings. The molecular weight excluding hydrogens is 604 g/mol. The van der Waals surface area contributed by atoms with Gasteiger partial charge in [-0.2, -0.15) is 8.42 Å². The number of imide groups is 1. The van der Waals surface area contributed by atoms with Crippen LogP contribution in [0, 0.1) is 29.1 Å². The number of piperidine rings is 1. The SMILES string of the molecule is CC1C2CC3CC2C1(CC(=O)N1CCC(N2C(=O)NC(=O)C2Cc2ccc(OS(=O)(=O)c4cccc5cnccc45)cc2)CC1)C3. The maximum atomic E-state index is 13.4. The van der Waals surface area contributed by atoms with E-state index in [2.05, 4.69) is 17.2 Å². The molecule has 3 heterocycles. The first-order valence-electron chi connectivity index (χ1n) is 16.4. The molecule has 11 heteroatoms. The van der Waals surface area contributed by atoms with Crippen molar-refractivity contribution in [3.63, 3.8) is 0 Å². The molecule has 4 amide bonds. The van der Waals surface area contributed by atoms with Crippen LogP contribution in [-0.2, 0) is 26.1 Å². The van der Waals surface area contributed by atoms with Gasteiger partial charge in [0.25, 0.3) is 5.91 Å². The fraction of sp³-hybridized carbons (Fsp3) is 0.486. The third-order valence-corrected chi connectivity index (χ3v) is 13.2. The molecule has 3 aromatic rings. The molecule has 0 radical (unpaired) electrons. The minimum atomic E-state index is -4.11. The largest absolute Gasteiger partial charge is 0.379 e. The summed E-state index contributed by atoms with van der Waals surface area (Å²) in [5.74, 6) is 3.07. The molecule has 46 heavy (non-hydrogen) atoms. The summed E-state index contributed by atoms with van der Waals surface area (Å²) in [5, 5.41) is 3.69. The van der Waals surface area contributed by atoms with Crippen molar-refractivity contribution in [2.24, 2.45) is 29.1 Å². The second-order valence-electron chi connectivity index (χ2n) is 14.1. The number of benzene rings is 2. The van der Waals surface area contributed by atoms with Crippen molar-refractivity contribution in [3.05, 3.63) is 66.5 Å². The number of pyridine rings is 1. The molecule has 3 aliphatic carbocycles. The molecule has 3 saturated carbocycles. The second kappa shape index (κ2) is 10.8.